The first kappa shape index (κ1) is 28.2. The number of piperazine rings is 1. The van der Waals surface area contributed by atoms with Gasteiger partial charge in [-0.3, -0.25) is 4.79 Å². The Bertz CT molecular complexity index is 1440. The number of carbonyl (C=O) groups is 1. The maximum absolute atomic E-state index is 13.5. The number of hydrogen-bond acceptors (Lipinski definition) is 6. The van der Waals surface area contributed by atoms with Crippen LogP contribution < -0.4 is 4.72 Å². The molecule has 0 spiro atoms. The van der Waals surface area contributed by atoms with Crippen molar-refractivity contribution in [1.82, 2.24) is 19.5 Å². The van der Waals surface area contributed by atoms with Crippen molar-refractivity contribution in [1.29, 1.82) is 0 Å². The van der Waals surface area contributed by atoms with Gasteiger partial charge in [0.25, 0.3) is 5.91 Å². The number of benzene rings is 2. The van der Waals surface area contributed by atoms with Crippen LogP contribution in [-0.4, -0.2) is 67.9 Å². The average Bonchev–Trinajstić information content (AvgIpc) is 3.30. The van der Waals surface area contributed by atoms with E-state index in [1.165, 1.54) is 43.4 Å². The number of carbonyl (C=O) groups excluding carboxylic acids is 1. The van der Waals surface area contributed by atoms with E-state index < -0.39 is 15.6 Å². The fraction of sp³-hybridized carbons (Fsp3) is 0.533. The quantitative estimate of drug-likeness (QED) is 0.422. The molecule has 9 heteroatoms. The summed E-state index contributed by atoms with van der Waals surface area (Å²) in [6, 6.07) is 11.3. The average molecular weight is 569 g/mol. The second kappa shape index (κ2) is 11.3. The lowest BCUT2D eigenvalue weighted by Crippen LogP contribution is -2.47. The highest BCUT2D eigenvalue weighted by Crippen LogP contribution is 2.40. The van der Waals surface area contributed by atoms with Gasteiger partial charge in [0.1, 0.15) is 0 Å². The van der Waals surface area contributed by atoms with Gasteiger partial charge in [0, 0.05) is 42.7 Å². The number of fused-ring (bicyclic) bond motifs is 1. The number of rotatable bonds is 6. The molecule has 1 amide bonds. The van der Waals surface area contributed by atoms with Gasteiger partial charge >= 0.3 is 0 Å². The smallest absolute Gasteiger partial charge is 0.282 e. The highest BCUT2D eigenvalue weighted by Gasteiger charge is 2.29. The highest BCUT2D eigenvalue weighted by molar-refractivity contribution is 7.89. The molecule has 1 N–H and O–H groups in total. The minimum atomic E-state index is -3.73. The Morgan fingerprint density at radius 1 is 1.00 bits per heavy atom. The van der Waals surface area contributed by atoms with E-state index in [1.807, 2.05) is 56.0 Å². The third-order valence-corrected chi connectivity index (χ3v) is 10.7. The van der Waals surface area contributed by atoms with Crippen molar-refractivity contribution in [3.05, 3.63) is 47.1 Å². The first-order chi connectivity index (χ1) is 18.5. The van der Waals surface area contributed by atoms with E-state index in [0.29, 0.717) is 29.4 Å². The molecule has 0 atom stereocenters. The van der Waals surface area contributed by atoms with Crippen molar-refractivity contribution in [3.63, 3.8) is 0 Å². The zero-order chi connectivity index (χ0) is 27.8. The Labute approximate surface area is 236 Å². The first-order valence-electron chi connectivity index (χ1n) is 14.1. The van der Waals surface area contributed by atoms with E-state index in [2.05, 4.69) is 16.7 Å². The van der Waals surface area contributed by atoms with Crippen molar-refractivity contribution in [2.75, 3.05) is 33.2 Å². The van der Waals surface area contributed by atoms with Gasteiger partial charge in [0.2, 0.25) is 10.0 Å². The lowest BCUT2D eigenvalue weighted by Gasteiger charge is -2.31. The van der Waals surface area contributed by atoms with Crippen molar-refractivity contribution in [2.45, 2.75) is 69.7 Å². The maximum Gasteiger partial charge on any atom is 0.282 e. The third kappa shape index (κ3) is 6.37. The maximum atomic E-state index is 13.5. The molecule has 0 bridgehead atoms. The number of aromatic nitrogens is 1. The first-order valence-corrected chi connectivity index (χ1v) is 16.4. The summed E-state index contributed by atoms with van der Waals surface area (Å²) in [6.45, 7) is 8.67. The topological polar surface area (TPSA) is 82.6 Å². The molecule has 210 valence electrons. The zero-order valence-corrected chi connectivity index (χ0v) is 25.1. The number of sulfonamides is 1. The molecular formula is C30H40N4O3S2. The number of nitrogens with one attached hydrogen (secondary N) is 1. The SMILES string of the molecule is CN1CCN(C(=O)c2nc(CC3CCCCC3)c(-c3ccc(S(=O)(=O)NC(C)(C)C)c4ccccc34)s2)CC1. The van der Waals surface area contributed by atoms with Crippen LogP contribution in [0.4, 0.5) is 0 Å². The molecule has 39 heavy (non-hydrogen) atoms. The number of thiazole rings is 1. The Hall–Kier alpha value is -2.33. The summed E-state index contributed by atoms with van der Waals surface area (Å²) < 4.78 is 29.5. The van der Waals surface area contributed by atoms with Gasteiger partial charge in [-0.05, 0) is 51.6 Å². The van der Waals surface area contributed by atoms with Crippen LogP contribution in [0.5, 0.6) is 0 Å². The predicted molar refractivity (Wildman–Crippen MR) is 159 cm³/mol. The van der Waals surface area contributed by atoms with Gasteiger partial charge in [-0.2, -0.15) is 0 Å². The minimum absolute atomic E-state index is 0.00197. The molecule has 1 aliphatic carbocycles. The molecule has 2 fully saturated rings. The molecule has 0 radical (unpaired) electrons. The number of nitrogens with zero attached hydrogens (tertiary/aromatic N) is 3. The van der Waals surface area contributed by atoms with Crippen LogP contribution in [0.1, 0.15) is 68.4 Å². The van der Waals surface area contributed by atoms with Gasteiger partial charge in [-0.15, -0.1) is 11.3 Å². The summed E-state index contributed by atoms with van der Waals surface area (Å²) >= 11 is 1.46. The highest BCUT2D eigenvalue weighted by atomic mass is 32.2. The van der Waals surface area contributed by atoms with Gasteiger partial charge in [0.15, 0.2) is 5.01 Å². The summed E-state index contributed by atoms with van der Waals surface area (Å²) in [6.07, 6.45) is 7.00. The molecule has 2 heterocycles. The van der Waals surface area contributed by atoms with Gasteiger partial charge in [-0.1, -0.05) is 62.4 Å². The van der Waals surface area contributed by atoms with Crippen molar-refractivity contribution < 1.29 is 13.2 Å². The fourth-order valence-corrected chi connectivity index (χ4v) is 8.49. The Morgan fingerprint density at radius 2 is 1.67 bits per heavy atom. The van der Waals surface area contributed by atoms with Gasteiger partial charge < -0.3 is 9.80 Å². The molecule has 2 aromatic carbocycles. The second-order valence-electron chi connectivity index (χ2n) is 12.1. The molecule has 7 nitrogen and oxygen atoms in total. The molecule has 2 aliphatic rings. The van der Waals surface area contributed by atoms with E-state index in [4.69, 9.17) is 4.98 Å². The Morgan fingerprint density at radius 3 is 2.33 bits per heavy atom. The van der Waals surface area contributed by atoms with E-state index in [9.17, 15) is 13.2 Å². The zero-order valence-electron chi connectivity index (χ0n) is 23.5. The van der Waals surface area contributed by atoms with Crippen molar-refractivity contribution in [2.24, 2.45) is 5.92 Å². The monoisotopic (exact) mass is 568 g/mol. The fourth-order valence-electron chi connectivity index (χ4n) is 5.76. The van der Waals surface area contributed by atoms with Crippen LogP contribution in [0.25, 0.3) is 21.2 Å². The molecule has 3 aromatic rings. The standard InChI is InChI=1S/C30H40N4O3S2/c1-30(2,3)32-39(36,37)26-15-14-24(22-12-8-9-13-23(22)26)27-25(20-21-10-6-5-7-11-21)31-28(38-27)29(35)34-18-16-33(4)17-19-34/h8-9,12-15,21,32H,5-7,10-11,16-20H2,1-4H3. The third-order valence-electron chi connectivity index (χ3n) is 7.74. The summed E-state index contributed by atoms with van der Waals surface area (Å²) in [7, 11) is -1.65. The number of likely N-dealkylation sites (N-methyl/N-ethyl adjacent to an activating group) is 1. The molecule has 5 rings (SSSR count). The number of hydrogen-bond donors (Lipinski definition) is 1. The normalized spacial score (nSPS) is 18.1. The molecule has 1 aliphatic heterocycles. The van der Waals surface area contributed by atoms with Crippen molar-refractivity contribution in [3.8, 4) is 10.4 Å². The summed E-state index contributed by atoms with van der Waals surface area (Å²) in [4.78, 5) is 23.9. The molecule has 1 saturated carbocycles. The van der Waals surface area contributed by atoms with Crippen LogP contribution >= 0.6 is 11.3 Å². The van der Waals surface area contributed by atoms with Crippen LogP contribution in [0.15, 0.2) is 41.3 Å². The van der Waals surface area contributed by atoms with Crippen LogP contribution in [0.2, 0.25) is 0 Å². The second-order valence-corrected chi connectivity index (χ2v) is 14.8. The van der Waals surface area contributed by atoms with Crippen LogP contribution in [0.3, 0.4) is 0 Å². The molecule has 1 aromatic heterocycles. The minimum Gasteiger partial charge on any atom is -0.334 e. The molecule has 1 saturated heterocycles. The van der Waals surface area contributed by atoms with Crippen LogP contribution in [0, 0.1) is 5.92 Å². The van der Waals surface area contributed by atoms with Crippen LogP contribution in [-0.2, 0) is 16.4 Å². The molecular weight excluding hydrogens is 528 g/mol. The van der Waals surface area contributed by atoms with Crippen molar-refractivity contribution >= 4 is 38.0 Å². The number of amides is 1. The van der Waals surface area contributed by atoms with E-state index in [0.717, 1.165) is 41.0 Å². The van der Waals surface area contributed by atoms with Gasteiger partial charge in [0.05, 0.1) is 15.5 Å². The van der Waals surface area contributed by atoms with E-state index in [1.54, 1.807) is 6.07 Å². The lowest BCUT2D eigenvalue weighted by molar-refractivity contribution is 0.0663. The van der Waals surface area contributed by atoms with Gasteiger partial charge in [-0.25, -0.2) is 18.1 Å². The summed E-state index contributed by atoms with van der Waals surface area (Å²) in [5.41, 5.74) is 1.32. The lowest BCUT2D eigenvalue weighted by atomic mass is 9.85. The van der Waals surface area contributed by atoms with E-state index in [-0.39, 0.29) is 10.8 Å². The Kier molecular flexibility index (Phi) is 8.15. The molecule has 0 unspecified atom stereocenters. The van der Waals surface area contributed by atoms with E-state index >= 15 is 0 Å². The predicted octanol–water partition coefficient (Wildman–Crippen LogP) is 5.55. The Balaban J connectivity index is 1.59. The summed E-state index contributed by atoms with van der Waals surface area (Å²) in [5, 5.41) is 2.08. The largest absolute Gasteiger partial charge is 0.334 e. The summed E-state index contributed by atoms with van der Waals surface area (Å²) in [5.74, 6) is 0.565.